The Kier molecular flexibility index (Phi) is 4.46. The van der Waals surface area contributed by atoms with Crippen molar-refractivity contribution in [3.8, 4) is 0 Å². The van der Waals surface area contributed by atoms with Crippen LogP contribution in [0.25, 0.3) is 0 Å². The molecule has 1 aromatic heterocycles. The molecule has 0 radical (unpaired) electrons. The maximum absolute atomic E-state index is 4.55. The average molecular weight is 261 g/mol. The normalized spacial score (nSPS) is 20.6. The molecule has 0 amide bonds. The summed E-state index contributed by atoms with van der Waals surface area (Å²) in [6.45, 7) is 12.2. The molecule has 1 atom stereocenters. The largest absolute Gasteiger partial charge is 0.356 e. The van der Waals surface area contributed by atoms with Gasteiger partial charge in [-0.1, -0.05) is 6.07 Å². The van der Waals surface area contributed by atoms with Crippen molar-refractivity contribution in [3.63, 3.8) is 0 Å². The Balaban J connectivity index is 1.96. The van der Waals surface area contributed by atoms with E-state index in [-0.39, 0.29) is 5.54 Å². The van der Waals surface area contributed by atoms with E-state index in [1.54, 1.807) is 0 Å². The van der Waals surface area contributed by atoms with Gasteiger partial charge >= 0.3 is 0 Å². The van der Waals surface area contributed by atoms with Crippen LogP contribution in [0.4, 0.5) is 5.82 Å². The molecule has 0 aromatic carbocycles. The number of nitrogens with one attached hydrogen (secondary N) is 1. The summed E-state index contributed by atoms with van der Waals surface area (Å²) in [6.07, 6.45) is 4.50. The van der Waals surface area contributed by atoms with E-state index in [0.29, 0.717) is 0 Å². The lowest BCUT2D eigenvalue weighted by atomic mass is 9.96. The number of nitrogens with zero attached hydrogens (tertiary/aromatic N) is 2. The standard InChI is InChI=1S/C16H27N3/c1-13-7-5-9-17-15(13)19-10-6-8-14(12-19)11-18-16(2,3)4/h5,7,9,14,18H,6,8,10-12H2,1-4H3. The molecule has 1 aromatic rings. The molecular weight excluding hydrogens is 234 g/mol. The van der Waals surface area contributed by atoms with E-state index in [2.05, 4.69) is 49.0 Å². The van der Waals surface area contributed by atoms with Gasteiger partial charge in [-0.25, -0.2) is 4.98 Å². The summed E-state index contributed by atoms with van der Waals surface area (Å²) in [5.41, 5.74) is 1.50. The third-order valence-electron chi connectivity index (χ3n) is 3.72. The van der Waals surface area contributed by atoms with Crippen LogP contribution in [0.3, 0.4) is 0 Å². The monoisotopic (exact) mass is 261 g/mol. The van der Waals surface area contributed by atoms with Crippen molar-refractivity contribution < 1.29 is 0 Å². The zero-order valence-electron chi connectivity index (χ0n) is 12.7. The topological polar surface area (TPSA) is 28.2 Å². The molecule has 1 N–H and O–H groups in total. The van der Waals surface area contributed by atoms with Gasteiger partial charge < -0.3 is 10.2 Å². The Labute approximate surface area is 117 Å². The van der Waals surface area contributed by atoms with E-state index in [4.69, 9.17) is 0 Å². The van der Waals surface area contributed by atoms with Crippen LogP contribution in [-0.2, 0) is 0 Å². The summed E-state index contributed by atoms with van der Waals surface area (Å²) in [4.78, 5) is 7.00. The summed E-state index contributed by atoms with van der Waals surface area (Å²) in [5.74, 6) is 1.90. The Morgan fingerprint density at radius 3 is 2.89 bits per heavy atom. The lowest BCUT2D eigenvalue weighted by Gasteiger charge is -2.35. The Morgan fingerprint density at radius 1 is 1.42 bits per heavy atom. The highest BCUT2D eigenvalue weighted by molar-refractivity contribution is 5.46. The van der Waals surface area contributed by atoms with E-state index in [1.165, 1.54) is 24.2 Å². The fourth-order valence-electron chi connectivity index (χ4n) is 2.68. The molecule has 2 heterocycles. The van der Waals surface area contributed by atoms with Crippen LogP contribution in [0.15, 0.2) is 18.3 Å². The fraction of sp³-hybridized carbons (Fsp3) is 0.688. The first-order valence-electron chi connectivity index (χ1n) is 7.37. The van der Waals surface area contributed by atoms with Gasteiger partial charge in [-0.05, 0) is 58.1 Å². The van der Waals surface area contributed by atoms with Gasteiger partial charge in [0.15, 0.2) is 0 Å². The van der Waals surface area contributed by atoms with E-state index >= 15 is 0 Å². The molecule has 1 fully saturated rings. The van der Waals surface area contributed by atoms with Gasteiger partial charge in [-0.15, -0.1) is 0 Å². The predicted molar refractivity (Wildman–Crippen MR) is 81.7 cm³/mol. The molecule has 0 aliphatic carbocycles. The number of pyridine rings is 1. The molecular formula is C16H27N3. The molecule has 2 rings (SSSR count). The maximum atomic E-state index is 4.55. The number of anilines is 1. The molecule has 1 saturated heterocycles. The number of piperidine rings is 1. The Hall–Kier alpha value is -1.09. The van der Waals surface area contributed by atoms with E-state index in [0.717, 1.165) is 25.6 Å². The number of aromatic nitrogens is 1. The van der Waals surface area contributed by atoms with Crippen molar-refractivity contribution in [3.05, 3.63) is 23.9 Å². The van der Waals surface area contributed by atoms with Crippen LogP contribution in [0.1, 0.15) is 39.2 Å². The van der Waals surface area contributed by atoms with Crippen molar-refractivity contribution in [2.45, 2.75) is 46.1 Å². The van der Waals surface area contributed by atoms with E-state index < -0.39 is 0 Å². The molecule has 0 saturated carbocycles. The molecule has 0 spiro atoms. The first-order valence-corrected chi connectivity index (χ1v) is 7.37. The maximum Gasteiger partial charge on any atom is 0.131 e. The summed E-state index contributed by atoms with van der Waals surface area (Å²) >= 11 is 0. The first kappa shape index (κ1) is 14.3. The minimum absolute atomic E-state index is 0.211. The molecule has 1 aliphatic heterocycles. The van der Waals surface area contributed by atoms with Crippen LogP contribution in [-0.4, -0.2) is 30.2 Å². The number of rotatable bonds is 3. The van der Waals surface area contributed by atoms with Gasteiger partial charge in [0, 0.05) is 31.4 Å². The van der Waals surface area contributed by atoms with Crippen molar-refractivity contribution in [1.82, 2.24) is 10.3 Å². The molecule has 3 nitrogen and oxygen atoms in total. The fourth-order valence-corrected chi connectivity index (χ4v) is 2.68. The summed E-state index contributed by atoms with van der Waals surface area (Å²) in [5, 5.41) is 3.63. The van der Waals surface area contributed by atoms with Crippen LogP contribution < -0.4 is 10.2 Å². The first-order chi connectivity index (χ1) is 8.96. The minimum atomic E-state index is 0.211. The SMILES string of the molecule is Cc1cccnc1N1CCCC(CNC(C)(C)C)C1. The highest BCUT2D eigenvalue weighted by Crippen LogP contribution is 2.23. The lowest BCUT2D eigenvalue weighted by Crippen LogP contribution is -2.45. The highest BCUT2D eigenvalue weighted by Gasteiger charge is 2.23. The van der Waals surface area contributed by atoms with Crippen molar-refractivity contribution in [2.75, 3.05) is 24.5 Å². The minimum Gasteiger partial charge on any atom is -0.356 e. The third kappa shape index (κ3) is 4.20. The van der Waals surface area contributed by atoms with Gasteiger partial charge in [-0.2, -0.15) is 0 Å². The molecule has 3 heteroatoms. The highest BCUT2D eigenvalue weighted by atomic mass is 15.2. The van der Waals surface area contributed by atoms with Crippen LogP contribution in [0.2, 0.25) is 0 Å². The van der Waals surface area contributed by atoms with Gasteiger partial charge in [0.05, 0.1) is 0 Å². The summed E-state index contributed by atoms with van der Waals surface area (Å²) in [6, 6.07) is 4.17. The number of hydrogen-bond acceptors (Lipinski definition) is 3. The summed E-state index contributed by atoms with van der Waals surface area (Å²) in [7, 11) is 0. The van der Waals surface area contributed by atoms with Gasteiger partial charge in [0.25, 0.3) is 0 Å². The predicted octanol–water partition coefficient (Wildman–Crippen LogP) is 2.99. The van der Waals surface area contributed by atoms with Gasteiger partial charge in [0.2, 0.25) is 0 Å². The second kappa shape index (κ2) is 5.91. The van der Waals surface area contributed by atoms with Crippen LogP contribution in [0, 0.1) is 12.8 Å². The average Bonchev–Trinajstić information content (AvgIpc) is 2.36. The summed E-state index contributed by atoms with van der Waals surface area (Å²) < 4.78 is 0. The zero-order valence-corrected chi connectivity index (χ0v) is 12.7. The second-order valence-corrected chi connectivity index (χ2v) is 6.73. The van der Waals surface area contributed by atoms with Crippen molar-refractivity contribution >= 4 is 5.82 Å². The second-order valence-electron chi connectivity index (χ2n) is 6.73. The van der Waals surface area contributed by atoms with Crippen LogP contribution in [0.5, 0.6) is 0 Å². The van der Waals surface area contributed by atoms with Crippen molar-refractivity contribution in [1.29, 1.82) is 0 Å². The molecule has 1 unspecified atom stereocenters. The van der Waals surface area contributed by atoms with E-state index in [1.807, 2.05) is 12.3 Å². The molecule has 106 valence electrons. The molecule has 19 heavy (non-hydrogen) atoms. The van der Waals surface area contributed by atoms with Crippen LogP contribution >= 0.6 is 0 Å². The zero-order chi connectivity index (χ0) is 13.9. The van der Waals surface area contributed by atoms with E-state index in [9.17, 15) is 0 Å². The Bertz CT molecular complexity index is 409. The lowest BCUT2D eigenvalue weighted by molar-refractivity contribution is 0.334. The van der Waals surface area contributed by atoms with Crippen molar-refractivity contribution in [2.24, 2.45) is 5.92 Å². The van der Waals surface area contributed by atoms with Gasteiger partial charge in [-0.3, -0.25) is 0 Å². The smallest absolute Gasteiger partial charge is 0.131 e. The molecule has 1 aliphatic rings. The quantitative estimate of drug-likeness (QED) is 0.906. The van der Waals surface area contributed by atoms with Gasteiger partial charge in [0.1, 0.15) is 5.82 Å². The Morgan fingerprint density at radius 2 is 2.21 bits per heavy atom. The number of hydrogen-bond donors (Lipinski definition) is 1. The molecule has 0 bridgehead atoms. The third-order valence-corrected chi connectivity index (χ3v) is 3.72. The number of aryl methyl sites for hydroxylation is 1.